The molecule has 0 saturated heterocycles. The van der Waals surface area contributed by atoms with Crippen LogP contribution in [-0.2, 0) is 14.8 Å². The van der Waals surface area contributed by atoms with E-state index in [2.05, 4.69) is 9.71 Å². The normalized spacial score (nSPS) is 15.8. The minimum Gasteiger partial charge on any atom is -0.349 e. The Morgan fingerprint density at radius 2 is 1.70 bits per heavy atom. The van der Waals surface area contributed by atoms with Crippen LogP contribution >= 0.6 is 0 Å². The van der Waals surface area contributed by atoms with Gasteiger partial charge in [0.1, 0.15) is 4.90 Å². The minimum absolute atomic E-state index is 0.0126. The molecule has 2 aromatic rings. The zero-order valence-corrected chi connectivity index (χ0v) is 16.4. The molecule has 0 aliphatic carbocycles. The van der Waals surface area contributed by atoms with Gasteiger partial charge in [0.25, 0.3) is 10.0 Å². The van der Waals surface area contributed by atoms with Gasteiger partial charge in [-0.15, -0.1) is 4.40 Å². The van der Waals surface area contributed by atoms with Crippen LogP contribution in [0.1, 0.15) is 31.0 Å². The van der Waals surface area contributed by atoms with E-state index in [0.717, 1.165) is 5.56 Å². The first-order chi connectivity index (χ1) is 12.8. The number of fused-ring (bicyclic) bond motifs is 1. The average molecular weight is 385 g/mol. The number of amidine groups is 1. The van der Waals surface area contributed by atoms with Crippen molar-refractivity contribution in [1.82, 2.24) is 10.2 Å². The van der Waals surface area contributed by atoms with Gasteiger partial charge in [-0.1, -0.05) is 56.3 Å². The van der Waals surface area contributed by atoms with E-state index in [4.69, 9.17) is 0 Å². The summed E-state index contributed by atoms with van der Waals surface area (Å²) in [6.07, 6.45) is 0. The number of carbonyl (C=O) groups excluding carboxylic acids is 1. The van der Waals surface area contributed by atoms with Gasteiger partial charge in [-0.2, -0.15) is 8.42 Å². The Hall–Kier alpha value is -2.67. The summed E-state index contributed by atoms with van der Waals surface area (Å²) in [7, 11) is -2.03. The van der Waals surface area contributed by atoms with E-state index in [9.17, 15) is 13.2 Å². The molecule has 1 aliphatic rings. The van der Waals surface area contributed by atoms with Crippen molar-refractivity contribution in [2.45, 2.75) is 24.8 Å². The molecule has 7 heteroatoms. The fourth-order valence-electron chi connectivity index (χ4n) is 3.17. The number of carbonyl (C=O) groups is 1. The molecule has 0 saturated carbocycles. The van der Waals surface area contributed by atoms with Crippen LogP contribution in [0.15, 0.2) is 63.9 Å². The smallest absolute Gasteiger partial charge is 0.285 e. The topological polar surface area (TPSA) is 78.8 Å². The molecule has 0 bridgehead atoms. The monoisotopic (exact) mass is 385 g/mol. The molecule has 0 radical (unpaired) electrons. The third-order valence-electron chi connectivity index (χ3n) is 4.50. The minimum atomic E-state index is -3.70. The van der Waals surface area contributed by atoms with Gasteiger partial charge >= 0.3 is 0 Å². The van der Waals surface area contributed by atoms with Gasteiger partial charge in [-0.3, -0.25) is 4.79 Å². The summed E-state index contributed by atoms with van der Waals surface area (Å²) in [6, 6.07) is 16.3. The number of nitrogens with zero attached hydrogens (tertiary/aromatic N) is 2. The zero-order valence-electron chi connectivity index (χ0n) is 15.6. The van der Waals surface area contributed by atoms with Crippen LogP contribution in [-0.4, -0.2) is 38.7 Å². The summed E-state index contributed by atoms with van der Waals surface area (Å²) in [5.41, 5.74) is 1.56. The number of rotatable bonds is 5. The van der Waals surface area contributed by atoms with Crippen LogP contribution in [0.2, 0.25) is 0 Å². The summed E-state index contributed by atoms with van der Waals surface area (Å²) in [4.78, 5) is 14.4. The van der Waals surface area contributed by atoms with Crippen molar-refractivity contribution in [3.63, 3.8) is 0 Å². The van der Waals surface area contributed by atoms with Gasteiger partial charge in [0.15, 0.2) is 5.84 Å². The molecule has 1 atom stereocenters. The second-order valence-corrected chi connectivity index (χ2v) is 8.51. The van der Waals surface area contributed by atoms with E-state index in [1.165, 1.54) is 6.07 Å². The third kappa shape index (κ3) is 4.03. The molecule has 1 amide bonds. The first kappa shape index (κ1) is 19.1. The maximum absolute atomic E-state index is 12.6. The lowest BCUT2D eigenvalue weighted by Gasteiger charge is -2.25. The molecule has 142 valence electrons. The highest BCUT2D eigenvalue weighted by molar-refractivity contribution is 7.90. The maximum atomic E-state index is 12.6. The predicted octanol–water partition coefficient (Wildman–Crippen LogP) is 2.58. The number of hydrogen-bond donors (Lipinski definition) is 1. The fraction of sp³-hybridized carbons (Fsp3) is 0.300. The summed E-state index contributed by atoms with van der Waals surface area (Å²) in [5, 5.41) is 3.05. The molecular weight excluding hydrogens is 362 g/mol. The molecule has 0 spiro atoms. The summed E-state index contributed by atoms with van der Waals surface area (Å²) in [6.45, 7) is 4.11. The third-order valence-corrected chi connectivity index (χ3v) is 5.82. The van der Waals surface area contributed by atoms with E-state index in [1.54, 1.807) is 30.1 Å². The van der Waals surface area contributed by atoms with Crippen LogP contribution in [0.25, 0.3) is 0 Å². The maximum Gasteiger partial charge on any atom is 0.285 e. The molecule has 6 nitrogen and oxygen atoms in total. The molecule has 2 aromatic carbocycles. The first-order valence-corrected chi connectivity index (χ1v) is 10.2. The number of likely N-dealkylation sites (N-methyl/N-ethyl adjacent to an activating group) is 1. The molecule has 0 fully saturated rings. The van der Waals surface area contributed by atoms with E-state index in [0.29, 0.717) is 11.4 Å². The first-order valence-electron chi connectivity index (χ1n) is 8.79. The van der Waals surface area contributed by atoms with Gasteiger partial charge in [0, 0.05) is 12.6 Å². The lowest BCUT2D eigenvalue weighted by molar-refractivity contribution is -0.122. The Balaban J connectivity index is 1.75. The second-order valence-electron chi connectivity index (χ2n) is 6.94. The van der Waals surface area contributed by atoms with Crippen LogP contribution in [0.4, 0.5) is 0 Å². The summed E-state index contributed by atoms with van der Waals surface area (Å²) in [5.74, 6) is 0.317. The quantitative estimate of drug-likeness (QED) is 0.858. The Bertz CT molecular complexity index is 969. The van der Waals surface area contributed by atoms with E-state index < -0.39 is 10.0 Å². The highest BCUT2D eigenvalue weighted by atomic mass is 32.2. The molecule has 3 rings (SSSR count). The van der Waals surface area contributed by atoms with Gasteiger partial charge < -0.3 is 10.2 Å². The van der Waals surface area contributed by atoms with Crippen LogP contribution in [0, 0.1) is 5.92 Å². The van der Waals surface area contributed by atoms with Crippen LogP contribution in [0.5, 0.6) is 0 Å². The zero-order chi connectivity index (χ0) is 19.6. The molecule has 1 aliphatic heterocycles. The van der Waals surface area contributed by atoms with Crippen molar-refractivity contribution in [3.05, 3.63) is 65.7 Å². The Morgan fingerprint density at radius 3 is 2.37 bits per heavy atom. The van der Waals surface area contributed by atoms with Gasteiger partial charge in [0.2, 0.25) is 5.91 Å². The molecule has 0 aromatic heterocycles. The van der Waals surface area contributed by atoms with Gasteiger partial charge in [-0.25, -0.2) is 0 Å². The SMILES string of the molecule is CC(C)C(NC(=O)CN(C)C1=NS(=O)(=O)c2ccccc21)c1ccccc1. The Morgan fingerprint density at radius 1 is 1.07 bits per heavy atom. The van der Waals surface area contributed by atoms with Gasteiger partial charge in [0.05, 0.1) is 12.6 Å². The molecule has 27 heavy (non-hydrogen) atoms. The van der Waals surface area contributed by atoms with Crippen molar-refractivity contribution in [1.29, 1.82) is 0 Å². The molecule has 1 N–H and O–H groups in total. The second kappa shape index (κ2) is 7.52. The molecular formula is C20H23N3O3S. The predicted molar refractivity (Wildman–Crippen MR) is 105 cm³/mol. The van der Waals surface area contributed by atoms with E-state index in [-0.39, 0.29) is 29.3 Å². The van der Waals surface area contributed by atoms with Crippen molar-refractivity contribution < 1.29 is 13.2 Å². The molecule has 1 heterocycles. The lowest BCUT2D eigenvalue weighted by atomic mass is 9.96. The van der Waals surface area contributed by atoms with Crippen molar-refractivity contribution >= 4 is 21.8 Å². The van der Waals surface area contributed by atoms with E-state index >= 15 is 0 Å². The highest BCUT2D eigenvalue weighted by Crippen LogP contribution is 2.27. The standard InChI is InChI=1S/C20H23N3O3S/c1-14(2)19(15-9-5-4-6-10-15)21-18(24)13-23(3)20-16-11-7-8-12-17(16)27(25,26)22-20/h4-12,14,19H,13H2,1-3H3,(H,21,24). The average Bonchev–Trinajstić information content (AvgIpc) is 2.92. The van der Waals surface area contributed by atoms with Crippen molar-refractivity contribution in [3.8, 4) is 0 Å². The van der Waals surface area contributed by atoms with Crippen LogP contribution in [0.3, 0.4) is 0 Å². The number of benzene rings is 2. The number of nitrogens with one attached hydrogen (secondary N) is 1. The van der Waals surface area contributed by atoms with E-state index in [1.807, 2.05) is 44.2 Å². The Kier molecular flexibility index (Phi) is 5.32. The summed E-state index contributed by atoms with van der Waals surface area (Å²) < 4.78 is 28.2. The molecule has 1 unspecified atom stereocenters. The van der Waals surface area contributed by atoms with Crippen molar-refractivity contribution in [2.24, 2.45) is 10.3 Å². The number of amides is 1. The lowest BCUT2D eigenvalue weighted by Crippen LogP contribution is -2.41. The van der Waals surface area contributed by atoms with Crippen molar-refractivity contribution in [2.75, 3.05) is 13.6 Å². The number of sulfonamides is 1. The summed E-state index contributed by atoms with van der Waals surface area (Å²) >= 11 is 0. The number of hydrogen-bond acceptors (Lipinski definition) is 4. The Labute approximate surface area is 160 Å². The van der Waals surface area contributed by atoms with Gasteiger partial charge in [-0.05, 0) is 23.6 Å². The fourth-order valence-corrected chi connectivity index (χ4v) is 4.42. The largest absolute Gasteiger partial charge is 0.349 e. The van der Waals surface area contributed by atoms with Crippen LogP contribution < -0.4 is 5.32 Å². The highest BCUT2D eigenvalue weighted by Gasteiger charge is 2.31.